The molecule has 1 aromatic heterocycles. The van der Waals surface area contributed by atoms with E-state index in [1.165, 1.54) is 47.3 Å². The summed E-state index contributed by atoms with van der Waals surface area (Å²) in [4.78, 5) is 13.8. The van der Waals surface area contributed by atoms with Gasteiger partial charge in [0.05, 0.1) is 0 Å². The molecule has 1 fully saturated rings. The minimum absolute atomic E-state index is 0.227. The first-order valence-corrected chi connectivity index (χ1v) is 9.16. The average molecular weight is 303 g/mol. The van der Waals surface area contributed by atoms with Gasteiger partial charge in [-0.25, -0.2) is 0 Å². The Labute approximate surface area is 131 Å². The Hall–Kier alpha value is -1.09. The zero-order valence-electron chi connectivity index (χ0n) is 13.0. The van der Waals surface area contributed by atoms with Gasteiger partial charge in [0.2, 0.25) is 5.91 Å². The van der Waals surface area contributed by atoms with Crippen LogP contribution >= 0.6 is 11.3 Å². The summed E-state index contributed by atoms with van der Waals surface area (Å²) in [5.41, 5.74) is 3.97. The highest BCUT2D eigenvalue weighted by molar-refractivity contribution is 7.16. The third-order valence-electron chi connectivity index (χ3n) is 4.79. The summed E-state index contributed by atoms with van der Waals surface area (Å²) in [6.45, 7) is 6.49. The van der Waals surface area contributed by atoms with Crippen molar-refractivity contribution in [2.24, 2.45) is 5.92 Å². The molecule has 0 aliphatic heterocycles. The van der Waals surface area contributed by atoms with Crippen LogP contribution in [0.5, 0.6) is 0 Å². The summed E-state index contributed by atoms with van der Waals surface area (Å²) < 4.78 is 0. The fourth-order valence-corrected chi connectivity index (χ4v) is 4.68. The van der Waals surface area contributed by atoms with Crippen molar-refractivity contribution in [3.05, 3.63) is 22.6 Å². The quantitative estimate of drug-likeness (QED) is 0.798. The molecule has 0 bridgehead atoms. The van der Waals surface area contributed by atoms with E-state index in [1.807, 2.05) is 0 Å². The molecule has 21 heavy (non-hydrogen) atoms. The van der Waals surface area contributed by atoms with Crippen LogP contribution in [0.4, 0.5) is 5.00 Å². The van der Waals surface area contributed by atoms with E-state index in [1.54, 1.807) is 11.3 Å². The minimum Gasteiger partial charge on any atom is -0.317 e. The van der Waals surface area contributed by atoms with Gasteiger partial charge < -0.3 is 5.32 Å². The molecule has 3 rings (SSSR count). The van der Waals surface area contributed by atoms with Crippen LogP contribution in [0.25, 0.3) is 5.57 Å². The smallest absolute Gasteiger partial charge is 0.228 e. The summed E-state index contributed by atoms with van der Waals surface area (Å²) in [5, 5.41) is 4.31. The maximum Gasteiger partial charge on any atom is 0.228 e. The average Bonchev–Trinajstić information content (AvgIpc) is 2.74. The first kappa shape index (κ1) is 14.8. The number of rotatable bonds is 5. The number of nitrogens with one attached hydrogen (secondary N) is 1. The van der Waals surface area contributed by atoms with E-state index >= 15 is 0 Å². The third kappa shape index (κ3) is 2.94. The minimum atomic E-state index is 0.227. The van der Waals surface area contributed by atoms with Crippen molar-refractivity contribution in [2.45, 2.75) is 64.7 Å². The molecule has 0 unspecified atom stereocenters. The Morgan fingerprint density at radius 1 is 1.29 bits per heavy atom. The van der Waals surface area contributed by atoms with Gasteiger partial charge in [-0.1, -0.05) is 26.3 Å². The molecule has 0 radical (unpaired) electrons. The Balaban J connectivity index is 1.88. The lowest BCUT2D eigenvalue weighted by atomic mass is 9.85. The summed E-state index contributed by atoms with van der Waals surface area (Å²) in [6, 6.07) is 0. The van der Waals surface area contributed by atoms with Gasteiger partial charge in [-0.05, 0) is 56.1 Å². The van der Waals surface area contributed by atoms with Crippen LogP contribution in [0.2, 0.25) is 0 Å². The van der Waals surface area contributed by atoms with Crippen molar-refractivity contribution in [3.8, 4) is 0 Å². The number of carbonyl (C=O) groups is 1. The largest absolute Gasteiger partial charge is 0.317 e. The molecule has 0 spiro atoms. The van der Waals surface area contributed by atoms with Crippen LogP contribution in [0.1, 0.15) is 67.9 Å². The van der Waals surface area contributed by atoms with Crippen molar-refractivity contribution in [1.82, 2.24) is 0 Å². The Morgan fingerprint density at radius 3 is 2.71 bits per heavy atom. The zero-order valence-corrected chi connectivity index (χ0v) is 13.8. The summed E-state index contributed by atoms with van der Waals surface area (Å²) in [6.07, 6.45) is 10.3. The van der Waals surface area contributed by atoms with Gasteiger partial charge in [-0.2, -0.15) is 0 Å². The van der Waals surface area contributed by atoms with Gasteiger partial charge in [0.25, 0.3) is 0 Å². The molecule has 0 saturated heterocycles. The van der Waals surface area contributed by atoms with Gasteiger partial charge in [0, 0.05) is 16.4 Å². The number of thiophene rings is 1. The Kier molecular flexibility index (Phi) is 4.48. The van der Waals surface area contributed by atoms with Crippen molar-refractivity contribution in [1.29, 1.82) is 0 Å². The van der Waals surface area contributed by atoms with Crippen LogP contribution in [-0.2, 0) is 17.6 Å². The van der Waals surface area contributed by atoms with E-state index in [-0.39, 0.29) is 11.8 Å². The van der Waals surface area contributed by atoms with Crippen LogP contribution < -0.4 is 5.32 Å². The highest BCUT2D eigenvalue weighted by Gasteiger charge is 2.28. The lowest BCUT2D eigenvalue weighted by Gasteiger charge is -2.24. The predicted molar refractivity (Wildman–Crippen MR) is 90.9 cm³/mol. The number of fused-ring (bicyclic) bond motifs is 1. The zero-order chi connectivity index (χ0) is 14.8. The molecule has 114 valence electrons. The highest BCUT2D eigenvalue weighted by atomic mass is 32.1. The fraction of sp³-hybridized carbons (Fsp3) is 0.611. The van der Waals surface area contributed by atoms with Gasteiger partial charge in [-0.15, -0.1) is 11.3 Å². The normalized spacial score (nSPS) is 18.0. The number of aryl methyl sites for hydroxylation is 1. The van der Waals surface area contributed by atoms with Crippen LogP contribution in [0.3, 0.4) is 0 Å². The van der Waals surface area contributed by atoms with Gasteiger partial charge in [0.1, 0.15) is 5.00 Å². The second-order valence-corrected chi connectivity index (χ2v) is 7.49. The summed E-state index contributed by atoms with van der Waals surface area (Å²) in [7, 11) is 0. The van der Waals surface area contributed by atoms with E-state index in [4.69, 9.17) is 0 Å². The van der Waals surface area contributed by atoms with Gasteiger partial charge >= 0.3 is 0 Å². The van der Waals surface area contributed by atoms with Gasteiger partial charge in [0.15, 0.2) is 0 Å². The Morgan fingerprint density at radius 2 is 2.05 bits per heavy atom. The van der Waals surface area contributed by atoms with E-state index in [2.05, 4.69) is 18.8 Å². The molecule has 1 aromatic rings. The molecular weight excluding hydrogens is 278 g/mol. The lowest BCUT2D eigenvalue weighted by Crippen LogP contribution is -2.28. The molecule has 2 aliphatic carbocycles. The van der Waals surface area contributed by atoms with Crippen molar-refractivity contribution in [3.63, 3.8) is 0 Å². The monoisotopic (exact) mass is 303 g/mol. The first-order chi connectivity index (χ1) is 10.2. The van der Waals surface area contributed by atoms with Crippen molar-refractivity contribution in [2.75, 3.05) is 5.32 Å². The topological polar surface area (TPSA) is 29.1 Å². The molecule has 1 amide bonds. The predicted octanol–water partition coefficient (Wildman–Crippen LogP) is 5.18. The Bertz CT molecular complexity index is 554. The number of anilines is 1. The maximum absolute atomic E-state index is 12.3. The molecule has 0 atom stereocenters. The number of hydrogen-bond acceptors (Lipinski definition) is 2. The first-order valence-electron chi connectivity index (χ1n) is 8.34. The molecule has 1 N–H and O–H groups in total. The van der Waals surface area contributed by atoms with Crippen LogP contribution in [0.15, 0.2) is 6.58 Å². The number of allylic oxidation sites excluding steroid dienone is 1. The SMILES string of the molecule is C=C(CCC)c1c(NC(=O)C2CCC2)sc2c1CCCC2. The lowest BCUT2D eigenvalue weighted by molar-refractivity contribution is -0.122. The molecular formula is C18H25NOS. The number of hydrogen-bond donors (Lipinski definition) is 1. The standard InChI is InChI=1S/C18H25NOS/c1-3-7-12(2)16-14-10-4-5-11-15(14)21-18(16)19-17(20)13-8-6-9-13/h13H,2-11H2,1H3,(H,19,20). The van der Waals surface area contributed by atoms with Gasteiger partial charge in [-0.3, -0.25) is 4.79 Å². The second kappa shape index (κ2) is 6.35. The van der Waals surface area contributed by atoms with Crippen LogP contribution in [-0.4, -0.2) is 5.91 Å². The molecule has 2 nitrogen and oxygen atoms in total. The van der Waals surface area contributed by atoms with Crippen molar-refractivity contribution < 1.29 is 4.79 Å². The number of carbonyl (C=O) groups excluding carboxylic acids is 1. The summed E-state index contributed by atoms with van der Waals surface area (Å²) in [5.74, 6) is 0.474. The third-order valence-corrected chi connectivity index (χ3v) is 6.00. The molecule has 1 saturated carbocycles. The molecule has 1 heterocycles. The molecule has 3 heteroatoms. The van der Waals surface area contributed by atoms with E-state index in [9.17, 15) is 4.79 Å². The van der Waals surface area contributed by atoms with E-state index in [0.29, 0.717) is 0 Å². The fourth-order valence-electron chi connectivity index (χ4n) is 3.34. The second-order valence-electron chi connectivity index (χ2n) is 6.39. The van der Waals surface area contributed by atoms with E-state index in [0.717, 1.165) is 37.1 Å². The van der Waals surface area contributed by atoms with Crippen LogP contribution in [0, 0.1) is 5.92 Å². The highest BCUT2D eigenvalue weighted by Crippen LogP contribution is 2.43. The molecule has 2 aliphatic rings. The molecule has 0 aromatic carbocycles. The maximum atomic E-state index is 12.3. The summed E-state index contributed by atoms with van der Waals surface area (Å²) >= 11 is 1.80. The van der Waals surface area contributed by atoms with Crippen molar-refractivity contribution >= 4 is 27.8 Å². The van der Waals surface area contributed by atoms with E-state index < -0.39 is 0 Å². The number of amides is 1.